The average molecular weight is 229 g/mol. The lowest BCUT2D eigenvalue weighted by Crippen LogP contribution is -2.20. The van der Waals surface area contributed by atoms with Crippen molar-refractivity contribution >= 4 is 0 Å². The van der Waals surface area contributed by atoms with Gasteiger partial charge in [0, 0.05) is 6.04 Å². The summed E-state index contributed by atoms with van der Waals surface area (Å²) in [5.41, 5.74) is 6.17. The predicted molar refractivity (Wildman–Crippen MR) is 55.2 cm³/mol. The topological polar surface area (TPSA) is 26.0 Å². The first-order valence-corrected chi connectivity index (χ1v) is 5.48. The SMILES string of the molecule is NC(CC1CCC1)c1cc(F)c(F)c(F)c1. The second kappa shape index (κ2) is 4.45. The lowest BCUT2D eigenvalue weighted by atomic mass is 9.80. The Morgan fingerprint density at radius 1 is 1.19 bits per heavy atom. The smallest absolute Gasteiger partial charge is 0.194 e. The second-order valence-electron chi connectivity index (χ2n) is 4.44. The molecule has 0 saturated heterocycles. The van der Waals surface area contributed by atoms with Gasteiger partial charge in [0.2, 0.25) is 0 Å². The fourth-order valence-corrected chi connectivity index (χ4v) is 2.01. The van der Waals surface area contributed by atoms with Gasteiger partial charge in [-0.2, -0.15) is 0 Å². The summed E-state index contributed by atoms with van der Waals surface area (Å²) >= 11 is 0. The Kier molecular flexibility index (Phi) is 3.19. The molecule has 16 heavy (non-hydrogen) atoms. The molecule has 0 heterocycles. The molecule has 1 atom stereocenters. The monoisotopic (exact) mass is 229 g/mol. The molecule has 1 aromatic rings. The van der Waals surface area contributed by atoms with Gasteiger partial charge < -0.3 is 5.73 Å². The first kappa shape index (κ1) is 11.5. The van der Waals surface area contributed by atoms with Crippen LogP contribution in [0.3, 0.4) is 0 Å². The largest absolute Gasteiger partial charge is 0.324 e. The molecule has 0 bridgehead atoms. The number of hydrogen-bond acceptors (Lipinski definition) is 1. The highest BCUT2D eigenvalue weighted by Crippen LogP contribution is 2.34. The van der Waals surface area contributed by atoms with Crippen molar-refractivity contribution in [3.63, 3.8) is 0 Å². The molecule has 2 N–H and O–H groups in total. The number of benzene rings is 1. The van der Waals surface area contributed by atoms with Crippen molar-refractivity contribution in [3.8, 4) is 0 Å². The Balaban J connectivity index is 2.12. The van der Waals surface area contributed by atoms with Crippen molar-refractivity contribution in [3.05, 3.63) is 35.1 Å². The third-order valence-electron chi connectivity index (χ3n) is 3.25. The maximum Gasteiger partial charge on any atom is 0.194 e. The molecule has 2 rings (SSSR count). The van der Waals surface area contributed by atoms with Crippen LogP contribution in [0.25, 0.3) is 0 Å². The molecule has 0 amide bonds. The molecule has 1 unspecified atom stereocenters. The Morgan fingerprint density at radius 3 is 2.19 bits per heavy atom. The molecule has 1 fully saturated rings. The lowest BCUT2D eigenvalue weighted by Gasteiger charge is -2.28. The first-order valence-electron chi connectivity index (χ1n) is 5.48. The van der Waals surface area contributed by atoms with E-state index in [1.807, 2.05) is 0 Å². The van der Waals surface area contributed by atoms with Crippen molar-refractivity contribution < 1.29 is 13.2 Å². The normalized spacial score (nSPS) is 18.2. The summed E-state index contributed by atoms with van der Waals surface area (Å²) in [5.74, 6) is -3.22. The van der Waals surface area contributed by atoms with Crippen molar-refractivity contribution in [1.29, 1.82) is 0 Å². The van der Waals surface area contributed by atoms with Crippen molar-refractivity contribution in [2.24, 2.45) is 11.7 Å². The van der Waals surface area contributed by atoms with E-state index < -0.39 is 23.5 Å². The van der Waals surface area contributed by atoms with E-state index in [4.69, 9.17) is 5.73 Å². The predicted octanol–water partition coefficient (Wildman–Crippen LogP) is 3.29. The Labute approximate surface area is 92.5 Å². The van der Waals surface area contributed by atoms with Crippen LogP contribution < -0.4 is 5.73 Å². The zero-order valence-electron chi connectivity index (χ0n) is 8.85. The summed E-state index contributed by atoms with van der Waals surface area (Å²) < 4.78 is 38.6. The number of halogens is 3. The van der Waals surface area contributed by atoms with Crippen LogP contribution in [0, 0.1) is 23.4 Å². The molecule has 1 aliphatic carbocycles. The van der Waals surface area contributed by atoms with E-state index in [1.165, 1.54) is 6.42 Å². The molecule has 1 saturated carbocycles. The van der Waals surface area contributed by atoms with E-state index in [-0.39, 0.29) is 0 Å². The second-order valence-corrected chi connectivity index (χ2v) is 4.44. The summed E-state index contributed by atoms with van der Waals surface area (Å²) in [5, 5.41) is 0. The van der Waals surface area contributed by atoms with Gasteiger partial charge in [-0.05, 0) is 30.0 Å². The van der Waals surface area contributed by atoms with Crippen molar-refractivity contribution in [2.75, 3.05) is 0 Å². The first-order chi connectivity index (χ1) is 7.58. The maximum absolute atomic E-state index is 13.0. The zero-order valence-corrected chi connectivity index (χ0v) is 8.85. The van der Waals surface area contributed by atoms with Gasteiger partial charge in [-0.25, -0.2) is 13.2 Å². The van der Waals surface area contributed by atoms with Crippen LogP contribution in [-0.2, 0) is 0 Å². The van der Waals surface area contributed by atoms with E-state index in [0.29, 0.717) is 17.9 Å². The minimum absolute atomic E-state index is 0.336. The number of hydrogen-bond donors (Lipinski definition) is 1. The lowest BCUT2D eigenvalue weighted by molar-refractivity contribution is 0.276. The minimum Gasteiger partial charge on any atom is -0.324 e. The molecule has 1 nitrogen and oxygen atoms in total. The Morgan fingerprint density at radius 2 is 1.75 bits per heavy atom. The third kappa shape index (κ3) is 2.21. The molecule has 4 heteroatoms. The van der Waals surface area contributed by atoms with Gasteiger partial charge in [0.15, 0.2) is 17.5 Å². The minimum atomic E-state index is -1.43. The summed E-state index contributed by atoms with van der Waals surface area (Å²) in [6, 6.07) is 1.57. The quantitative estimate of drug-likeness (QED) is 0.791. The maximum atomic E-state index is 13.0. The summed E-state index contributed by atoms with van der Waals surface area (Å²) in [6.07, 6.45) is 4.16. The average Bonchev–Trinajstić information content (AvgIpc) is 2.19. The van der Waals surface area contributed by atoms with Gasteiger partial charge in [0.25, 0.3) is 0 Å². The fourth-order valence-electron chi connectivity index (χ4n) is 2.01. The molecule has 0 aliphatic heterocycles. The highest BCUT2D eigenvalue weighted by Gasteiger charge is 2.22. The molecular formula is C12H14F3N. The van der Waals surface area contributed by atoms with Crippen molar-refractivity contribution in [1.82, 2.24) is 0 Å². The van der Waals surface area contributed by atoms with Crippen LogP contribution >= 0.6 is 0 Å². The van der Waals surface area contributed by atoms with E-state index in [0.717, 1.165) is 25.0 Å². The van der Waals surface area contributed by atoms with E-state index in [2.05, 4.69) is 0 Å². The molecular weight excluding hydrogens is 215 g/mol. The third-order valence-corrected chi connectivity index (χ3v) is 3.25. The van der Waals surface area contributed by atoms with Gasteiger partial charge in [-0.3, -0.25) is 0 Å². The van der Waals surface area contributed by atoms with Crippen LogP contribution in [0.4, 0.5) is 13.2 Å². The molecule has 0 aromatic heterocycles. The highest BCUT2D eigenvalue weighted by atomic mass is 19.2. The molecule has 0 radical (unpaired) electrons. The molecule has 88 valence electrons. The van der Waals surface area contributed by atoms with Crippen LogP contribution in [0.2, 0.25) is 0 Å². The van der Waals surface area contributed by atoms with Gasteiger partial charge in [0.1, 0.15) is 0 Å². The van der Waals surface area contributed by atoms with Crippen LogP contribution in [0.15, 0.2) is 12.1 Å². The van der Waals surface area contributed by atoms with Crippen LogP contribution in [0.5, 0.6) is 0 Å². The molecule has 1 aromatic carbocycles. The van der Waals surface area contributed by atoms with E-state index in [9.17, 15) is 13.2 Å². The molecule has 1 aliphatic rings. The number of rotatable bonds is 3. The molecule has 0 spiro atoms. The summed E-state index contributed by atoms with van der Waals surface area (Å²) in [6.45, 7) is 0. The summed E-state index contributed by atoms with van der Waals surface area (Å²) in [4.78, 5) is 0. The zero-order chi connectivity index (χ0) is 11.7. The summed E-state index contributed by atoms with van der Waals surface area (Å²) in [7, 11) is 0. The van der Waals surface area contributed by atoms with Gasteiger partial charge in [-0.15, -0.1) is 0 Å². The van der Waals surface area contributed by atoms with Crippen molar-refractivity contribution in [2.45, 2.75) is 31.7 Å². The van der Waals surface area contributed by atoms with Gasteiger partial charge in [0.05, 0.1) is 0 Å². The highest BCUT2D eigenvalue weighted by molar-refractivity contribution is 5.22. The van der Waals surface area contributed by atoms with E-state index in [1.54, 1.807) is 0 Å². The van der Waals surface area contributed by atoms with Gasteiger partial charge >= 0.3 is 0 Å². The number of nitrogens with two attached hydrogens (primary N) is 1. The fraction of sp³-hybridized carbons (Fsp3) is 0.500. The van der Waals surface area contributed by atoms with Gasteiger partial charge in [-0.1, -0.05) is 19.3 Å². The standard InChI is InChI=1S/C12H14F3N/c13-9-5-8(6-10(14)12(9)15)11(16)4-7-2-1-3-7/h5-7,11H,1-4,16H2. The van der Waals surface area contributed by atoms with Crippen LogP contribution in [-0.4, -0.2) is 0 Å². The van der Waals surface area contributed by atoms with E-state index >= 15 is 0 Å². The Bertz CT molecular complexity index is 365. The van der Waals surface area contributed by atoms with Crippen LogP contribution in [0.1, 0.15) is 37.3 Å². The Hall–Kier alpha value is -1.03.